The average Bonchev–Trinajstić information content (AvgIpc) is 2.26. The van der Waals surface area contributed by atoms with Gasteiger partial charge in [-0.2, -0.15) is 12.6 Å². The molecule has 0 saturated heterocycles. The predicted octanol–water partition coefficient (Wildman–Crippen LogP) is 3.55. The smallest absolute Gasteiger partial charge is 0.311 e. The Labute approximate surface area is 113 Å². The molecule has 1 rings (SSSR count). The van der Waals surface area contributed by atoms with Gasteiger partial charge in [0.1, 0.15) is 0 Å². The number of nitro groups is 1. The SMILES string of the molecule is Cc1cc(C)c(OCC(C)(C)CS)c([N+](=O)[O-])c1. The van der Waals surface area contributed by atoms with Crippen molar-refractivity contribution in [3.63, 3.8) is 0 Å². The van der Waals surface area contributed by atoms with Gasteiger partial charge >= 0.3 is 5.69 Å². The molecule has 0 amide bonds. The molecule has 100 valence electrons. The highest BCUT2D eigenvalue weighted by Gasteiger charge is 2.22. The lowest BCUT2D eigenvalue weighted by molar-refractivity contribution is -0.386. The van der Waals surface area contributed by atoms with Crippen LogP contribution in [0.25, 0.3) is 0 Å². The van der Waals surface area contributed by atoms with Gasteiger partial charge in [-0.3, -0.25) is 10.1 Å². The molecule has 0 atom stereocenters. The molecule has 0 N–H and O–H groups in total. The zero-order chi connectivity index (χ0) is 13.9. The van der Waals surface area contributed by atoms with Crippen LogP contribution in [0.1, 0.15) is 25.0 Å². The van der Waals surface area contributed by atoms with E-state index in [4.69, 9.17) is 4.74 Å². The number of hydrogen-bond acceptors (Lipinski definition) is 4. The number of aryl methyl sites for hydroxylation is 2. The fourth-order valence-electron chi connectivity index (χ4n) is 1.57. The highest BCUT2D eigenvalue weighted by Crippen LogP contribution is 2.33. The zero-order valence-corrected chi connectivity index (χ0v) is 12.1. The second kappa shape index (κ2) is 5.61. The third-order valence-electron chi connectivity index (χ3n) is 2.63. The molecule has 4 nitrogen and oxygen atoms in total. The van der Waals surface area contributed by atoms with E-state index in [1.165, 1.54) is 6.07 Å². The highest BCUT2D eigenvalue weighted by atomic mass is 32.1. The van der Waals surface area contributed by atoms with Crippen molar-refractivity contribution in [1.82, 2.24) is 0 Å². The van der Waals surface area contributed by atoms with E-state index in [-0.39, 0.29) is 11.1 Å². The van der Waals surface area contributed by atoms with Crippen LogP contribution in [-0.4, -0.2) is 17.3 Å². The van der Waals surface area contributed by atoms with Crippen LogP contribution in [0.3, 0.4) is 0 Å². The van der Waals surface area contributed by atoms with Gasteiger partial charge in [0.2, 0.25) is 0 Å². The molecular formula is C13H19NO3S. The summed E-state index contributed by atoms with van der Waals surface area (Å²) in [6.45, 7) is 8.08. The Hall–Kier alpha value is -1.23. The van der Waals surface area contributed by atoms with Gasteiger partial charge in [0.05, 0.1) is 11.5 Å². The average molecular weight is 269 g/mol. The van der Waals surface area contributed by atoms with E-state index < -0.39 is 4.92 Å². The maximum Gasteiger partial charge on any atom is 0.311 e. The van der Waals surface area contributed by atoms with Crippen LogP contribution in [0.2, 0.25) is 0 Å². The van der Waals surface area contributed by atoms with Gasteiger partial charge in [-0.1, -0.05) is 19.9 Å². The maximum absolute atomic E-state index is 11.0. The van der Waals surface area contributed by atoms with Crippen LogP contribution in [-0.2, 0) is 0 Å². The van der Waals surface area contributed by atoms with Crippen molar-refractivity contribution in [2.45, 2.75) is 27.7 Å². The fourth-order valence-corrected chi connectivity index (χ4v) is 1.66. The van der Waals surface area contributed by atoms with Gasteiger partial charge in [-0.25, -0.2) is 0 Å². The van der Waals surface area contributed by atoms with Crippen molar-refractivity contribution in [3.05, 3.63) is 33.4 Å². The highest BCUT2D eigenvalue weighted by molar-refractivity contribution is 7.80. The first-order valence-electron chi connectivity index (χ1n) is 5.76. The topological polar surface area (TPSA) is 52.4 Å². The van der Waals surface area contributed by atoms with Crippen LogP contribution >= 0.6 is 12.6 Å². The van der Waals surface area contributed by atoms with Crippen molar-refractivity contribution in [3.8, 4) is 5.75 Å². The van der Waals surface area contributed by atoms with E-state index in [0.717, 1.165) is 11.1 Å². The number of hydrogen-bond donors (Lipinski definition) is 1. The Bertz CT molecular complexity index is 458. The number of nitrogens with zero attached hydrogens (tertiary/aromatic N) is 1. The number of ether oxygens (including phenoxy) is 1. The number of rotatable bonds is 5. The largest absolute Gasteiger partial charge is 0.486 e. The summed E-state index contributed by atoms with van der Waals surface area (Å²) in [6, 6.07) is 3.42. The van der Waals surface area contributed by atoms with Crippen molar-refractivity contribution in [1.29, 1.82) is 0 Å². The summed E-state index contributed by atoms with van der Waals surface area (Å²) in [6.07, 6.45) is 0. The van der Waals surface area contributed by atoms with Gasteiger partial charge < -0.3 is 4.74 Å². The molecule has 0 aliphatic heterocycles. The quantitative estimate of drug-likeness (QED) is 0.505. The lowest BCUT2D eigenvalue weighted by atomic mass is 9.98. The Balaban J connectivity index is 3.04. The monoisotopic (exact) mass is 269 g/mol. The molecule has 0 aliphatic carbocycles. The van der Waals surface area contributed by atoms with E-state index in [2.05, 4.69) is 12.6 Å². The third kappa shape index (κ3) is 3.63. The molecule has 0 radical (unpaired) electrons. The summed E-state index contributed by atoms with van der Waals surface area (Å²) in [5, 5.41) is 11.0. The molecule has 0 fully saturated rings. The lowest BCUT2D eigenvalue weighted by Crippen LogP contribution is -2.23. The molecular weight excluding hydrogens is 250 g/mol. The van der Waals surface area contributed by atoms with Crippen molar-refractivity contribution < 1.29 is 9.66 Å². The second-order valence-electron chi connectivity index (χ2n) is 5.30. The Morgan fingerprint density at radius 2 is 2.00 bits per heavy atom. The summed E-state index contributed by atoms with van der Waals surface area (Å²) < 4.78 is 5.65. The van der Waals surface area contributed by atoms with Crippen LogP contribution in [0.5, 0.6) is 5.75 Å². The molecule has 1 aromatic rings. The molecule has 5 heteroatoms. The Morgan fingerprint density at radius 1 is 1.39 bits per heavy atom. The molecule has 0 saturated carbocycles. The molecule has 0 spiro atoms. The van der Waals surface area contributed by atoms with Crippen LogP contribution in [0.4, 0.5) is 5.69 Å². The number of benzene rings is 1. The Morgan fingerprint density at radius 3 is 2.50 bits per heavy atom. The second-order valence-corrected chi connectivity index (χ2v) is 5.61. The summed E-state index contributed by atoms with van der Waals surface area (Å²) in [7, 11) is 0. The first kappa shape index (κ1) is 14.8. The van der Waals surface area contributed by atoms with Crippen molar-refractivity contribution in [2.24, 2.45) is 5.41 Å². The minimum absolute atomic E-state index is 0.0301. The predicted molar refractivity (Wildman–Crippen MR) is 75.7 cm³/mol. The summed E-state index contributed by atoms with van der Waals surface area (Å²) in [4.78, 5) is 10.6. The van der Waals surface area contributed by atoms with Crippen LogP contribution in [0.15, 0.2) is 12.1 Å². The normalized spacial score (nSPS) is 11.4. The van der Waals surface area contributed by atoms with E-state index in [1.54, 1.807) is 0 Å². The van der Waals surface area contributed by atoms with Crippen molar-refractivity contribution in [2.75, 3.05) is 12.4 Å². The van der Waals surface area contributed by atoms with E-state index >= 15 is 0 Å². The first-order valence-corrected chi connectivity index (χ1v) is 6.39. The summed E-state index contributed by atoms with van der Waals surface area (Å²) >= 11 is 4.24. The maximum atomic E-state index is 11.0. The first-order chi connectivity index (χ1) is 8.26. The summed E-state index contributed by atoms with van der Waals surface area (Å²) in [5.74, 6) is 1.02. The standard InChI is InChI=1S/C13H19NO3S/c1-9-5-10(2)12(11(6-9)14(15)16)17-7-13(3,4)8-18/h5-6,18H,7-8H2,1-4H3. The molecule has 0 unspecified atom stereocenters. The van der Waals surface area contributed by atoms with Gasteiger partial charge in [-0.05, 0) is 30.7 Å². The van der Waals surface area contributed by atoms with Gasteiger partial charge in [-0.15, -0.1) is 0 Å². The lowest BCUT2D eigenvalue weighted by Gasteiger charge is -2.22. The minimum atomic E-state index is -0.400. The third-order valence-corrected chi connectivity index (χ3v) is 3.49. The summed E-state index contributed by atoms with van der Waals surface area (Å²) in [5.41, 5.74) is 1.56. The molecule has 0 bridgehead atoms. The van der Waals surface area contributed by atoms with Gasteiger partial charge in [0.25, 0.3) is 0 Å². The zero-order valence-electron chi connectivity index (χ0n) is 11.2. The minimum Gasteiger partial charge on any atom is -0.486 e. The van der Waals surface area contributed by atoms with E-state index in [0.29, 0.717) is 18.1 Å². The molecule has 0 aromatic heterocycles. The molecule has 0 heterocycles. The van der Waals surface area contributed by atoms with Crippen LogP contribution in [0, 0.1) is 29.4 Å². The Kier molecular flexibility index (Phi) is 4.62. The van der Waals surface area contributed by atoms with Crippen LogP contribution < -0.4 is 4.74 Å². The molecule has 1 aromatic carbocycles. The molecule has 18 heavy (non-hydrogen) atoms. The van der Waals surface area contributed by atoms with E-state index in [1.807, 2.05) is 33.8 Å². The fraction of sp³-hybridized carbons (Fsp3) is 0.538. The van der Waals surface area contributed by atoms with Gasteiger partial charge in [0, 0.05) is 11.5 Å². The van der Waals surface area contributed by atoms with Gasteiger partial charge in [0.15, 0.2) is 5.75 Å². The number of nitro benzene ring substituents is 1. The molecule has 0 aliphatic rings. The number of thiol groups is 1. The van der Waals surface area contributed by atoms with E-state index in [9.17, 15) is 10.1 Å². The van der Waals surface area contributed by atoms with Crippen molar-refractivity contribution >= 4 is 18.3 Å².